The minimum absolute atomic E-state index is 0.672. The molecule has 0 atom stereocenters. The zero-order valence-electron chi connectivity index (χ0n) is 30.7. The Morgan fingerprint density at radius 2 is 0.754 bits per heavy atom. The number of rotatable bonds is 5. The molecule has 5 heteroatoms. The molecule has 0 aliphatic heterocycles. The molecule has 0 amide bonds. The van der Waals surface area contributed by atoms with Gasteiger partial charge >= 0.3 is 0 Å². The second-order valence-electron chi connectivity index (χ2n) is 14.5. The average Bonchev–Trinajstić information content (AvgIpc) is 3.94. The van der Waals surface area contributed by atoms with Crippen LogP contribution in [-0.2, 0) is 0 Å². The summed E-state index contributed by atoms with van der Waals surface area (Å²) in [6.07, 6.45) is 0. The van der Waals surface area contributed by atoms with Crippen molar-refractivity contribution in [2.45, 2.75) is 0 Å². The summed E-state index contributed by atoms with van der Waals surface area (Å²) in [7, 11) is 0. The van der Waals surface area contributed by atoms with Gasteiger partial charge in [-0.15, -0.1) is 11.3 Å². The fourth-order valence-electron chi connectivity index (χ4n) is 8.84. The maximum Gasteiger partial charge on any atom is 0.162 e. The smallest absolute Gasteiger partial charge is 0.162 e. The Bertz CT molecular complexity index is 3360. The van der Waals surface area contributed by atoms with Gasteiger partial charge in [0, 0.05) is 53.7 Å². The summed E-state index contributed by atoms with van der Waals surface area (Å²) in [5, 5.41) is 7.24. The Morgan fingerprint density at radius 3 is 1.25 bits per heavy atom. The molecule has 0 saturated carbocycles. The molecule has 57 heavy (non-hydrogen) atoms. The average molecular weight is 745 g/mol. The second-order valence-corrected chi connectivity index (χ2v) is 15.6. The summed E-state index contributed by atoms with van der Waals surface area (Å²) in [6.45, 7) is 0. The van der Waals surface area contributed by atoms with Crippen LogP contribution in [0.1, 0.15) is 0 Å². The maximum absolute atomic E-state index is 5.52. The van der Waals surface area contributed by atoms with Crippen LogP contribution in [0.2, 0.25) is 0 Å². The molecule has 12 rings (SSSR count). The van der Waals surface area contributed by atoms with Crippen molar-refractivity contribution in [3.8, 4) is 45.3 Å². The number of fused-ring (bicyclic) bond motifs is 9. The van der Waals surface area contributed by atoms with Crippen LogP contribution in [0.5, 0.6) is 0 Å². The molecule has 266 valence electrons. The molecule has 0 radical (unpaired) electrons. The zero-order valence-corrected chi connectivity index (χ0v) is 31.5. The molecule has 4 aromatic heterocycles. The molecule has 4 nitrogen and oxygen atoms in total. The lowest BCUT2D eigenvalue weighted by Crippen LogP contribution is -2.08. The number of hydrogen-bond donors (Lipinski definition) is 0. The fraction of sp³-hybridized carbons (Fsp3) is 0. The third-order valence-electron chi connectivity index (χ3n) is 11.3. The van der Waals surface area contributed by atoms with Gasteiger partial charge in [-0.2, -0.15) is 0 Å². The van der Waals surface area contributed by atoms with Crippen LogP contribution < -0.4 is 0 Å². The van der Waals surface area contributed by atoms with Crippen LogP contribution in [0.3, 0.4) is 0 Å². The molecule has 0 N–H and O–H groups in total. The van der Waals surface area contributed by atoms with E-state index in [0.717, 1.165) is 61.5 Å². The Balaban J connectivity index is 1.34. The van der Waals surface area contributed by atoms with Crippen molar-refractivity contribution < 1.29 is 0 Å². The predicted molar refractivity (Wildman–Crippen MR) is 240 cm³/mol. The van der Waals surface area contributed by atoms with Crippen molar-refractivity contribution in [1.82, 2.24) is 19.1 Å². The van der Waals surface area contributed by atoms with Gasteiger partial charge in [0.1, 0.15) is 0 Å². The molecule has 0 saturated heterocycles. The summed E-state index contributed by atoms with van der Waals surface area (Å²) < 4.78 is 7.43. The van der Waals surface area contributed by atoms with Crippen LogP contribution in [0, 0.1) is 0 Å². The molecule has 0 spiro atoms. The molecule has 0 bridgehead atoms. The van der Waals surface area contributed by atoms with Gasteiger partial charge in [-0.3, -0.25) is 0 Å². The Kier molecular flexibility index (Phi) is 7.06. The maximum atomic E-state index is 5.52. The largest absolute Gasteiger partial charge is 0.306 e. The SMILES string of the molecule is c1ccc(-c2cc(-c3ccccc3)nc(-c3cc4c(sc5ccccc54)c(-n4c5ccccc5c5ccccc54)c3-n3c4ccccc4c4ccccc43)n2)cc1. The van der Waals surface area contributed by atoms with Crippen molar-refractivity contribution in [2.24, 2.45) is 0 Å². The summed E-state index contributed by atoms with van der Waals surface area (Å²) in [5.74, 6) is 0.672. The highest BCUT2D eigenvalue weighted by molar-refractivity contribution is 7.26. The molecular formula is C52H32N4S. The lowest BCUT2D eigenvalue weighted by Gasteiger charge is -2.22. The van der Waals surface area contributed by atoms with E-state index in [-0.39, 0.29) is 0 Å². The zero-order chi connectivity index (χ0) is 37.5. The number of hydrogen-bond acceptors (Lipinski definition) is 3. The van der Waals surface area contributed by atoms with E-state index in [2.05, 4.69) is 203 Å². The highest BCUT2D eigenvalue weighted by Gasteiger charge is 2.28. The molecule has 0 fully saturated rings. The Labute approximate surface area is 332 Å². The van der Waals surface area contributed by atoms with Crippen LogP contribution >= 0.6 is 11.3 Å². The van der Waals surface area contributed by atoms with Crippen LogP contribution in [-0.4, -0.2) is 19.1 Å². The van der Waals surface area contributed by atoms with Gasteiger partial charge < -0.3 is 9.13 Å². The van der Waals surface area contributed by atoms with E-state index in [9.17, 15) is 0 Å². The second kappa shape index (κ2) is 12.6. The van der Waals surface area contributed by atoms with E-state index in [4.69, 9.17) is 9.97 Å². The van der Waals surface area contributed by atoms with E-state index in [0.29, 0.717) is 5.82 Å². The normalized spacial score (nSPS) is 11.9. The van der Waals surface area contributed by atoms with Crippen molar-refractivity contribution in [2.75, 3.05) is 0 Å². The Morgan fingerprint density at radius 1 is 0.351 bits per heavy atom. The van der Waals surface area contributed by atoms with Crippen molar-refractivity contribution in [3.63, 3.8) is 0 Å². The topological polar surface area (TPSA) is 35.6 Å². The summed E-state index contributed by atoms with van der Waals surface area (Å²) in [5.41, 5.74) is 11.5. The van der Waals surface area contributed by atoms with E-state index < -0.39 is 0 Å². The molecular weight excluding hydrogens is 713 g/mol. The van der Waals surface area contributed by atoms with Crippen LogP contribution in [0.15, 0.2) is 194 Å². The summed E-state index contributed by atoms with van der Waals surface area (Å²) in [6, 6.07) is 69.4. The minimum atomic E-state index is 0.672. The first kappa shape index (κ1) is 32.0. The van der Waals surface area contributed by atoms with Crippen LogP contribution in [0.25, 0.3) is 109 Å². The van der Waals surface area contributed by atoms with Gasteiger partial charge in [0.2, 0.25) is 0 Å². The molecule has 4 heterocycles. The third kappa shape index (κ3) is 4.86. The van der Waals surface area contributed by atoms with Crippen molar-refractivity contribution in [1.29, 1.82) is 0 Å². The lowest BCUT2D eigenvalue weighted by atomic mass is 10.0. The monoisotopic (exact) mass is 744 g/mol. The van der Waals surface area contributed by atoms with Gasteiger partial charge in [0.25, 0.3) is 0 Å². The molecule has 0 aliphatic carbocycles. The number of nitrogens with zero attached hydrogens (tertiary/aromatic N) is 4. The predicted octanol–water partition coefficient (Wildman–Crippen LogP) is 14.0. The van der Waals surface area contributed by atoms with Gasteiger partial charge in [0.15, 0.2) is 5.82 Å². The summed E-state index contributed by atoms with van der Waals surface area (Å²) >= 11 is 1.85. The first-order valence-electron chi connectivity index (χ1n) is 19.3. The van der Waals surface area contributed by atoms with E-state index in [1.807, 2.05) is 11.3 Å². The molecule has 0 unspecified atom stereocenters. The molecule has 0 aliphatic rings. The Hall–Kier alpha value is -7.34. The van der Waals surface area contributed by atoms with E-state index in [1.165, 1.54) is 41.7 Å². The molecule has 12 aromatic rings. The fourth-order valence-corrected chi connectivity index (χ4v) is 10.1. The van der Waals surface area contributed by atoms with Gasteiger partial charge in [-0.05, 0) is 42.5 Å². The minimum Gasteiger partial charge on any atom is -0.306 e. The number of aromatic nitrogens is 4. The van der Waals surface area contributed by atoms with Crippen molar-refractivity contribution >= 4 is 75.1 Å². The van der Waals surface area contributed by atoms with Gasteiger partial charge in [0.05, 0.1) is 49.5 Å². The van der Waals surface area contributed by atoms with Gasteiger partial charge in [-0.1, -0.05) is 152 Å². The number of benzene rings is 8. The highest BCUT2D eigenvalue weighted by atomic mass is 32.1. The number of thiophene rings is 1. The van der Waals surface area contributed by atoms with Crippen molar-refractivity contribution in [3.05, 3.63) is 194 Å². The van der Waals surface area contributed by atoms with E-state index >= 15 is 0 Å². The third-order valence-corrected chi connectivity index (χ3v) is 12.5. The first-order chi connectivity index (χ1) is 28.3. The highest BCUT2D eigenvalue weighted by Crippen LogP contribution is 2.49. The van der Waals surface area contributed by atoms with Gasteiger partial charge in [-0.25, -0.2) is 9.97 Å². The van der Waals surface area contributed by atoms with E-state index in [1.54, 1.807) is 0 Å². The molecule has 8 aromatic carbocycles. The van der Waals surface area contributed by atoms with Crippen LogP contribution in [0.4, 0.5) is 0 Å². The first-order valence-corrected chi connectivity index (χ1v) is 20.1. The number of para-hydroxylation sites is 4. The summed E-state index contributed by atoms with van der Waals surface area (Å²) in [4.78, 5) is 11.0. The standard InChI is InChI=1S/C52H32N4S/c1-3-17-33(18-4-1)42-32-43(34-19-5-2-6-20-34)54-52(53-42)41-31-40-39-25-11-16-30-48(39)57-51(40)50(56-46-28-14-9-23-37(46)38-24-10-15-29-47(38)56)49(41)55-44-26-12-7-21-35(44)36-22-8-13-27-45(36)55/h1-32H. The lowest BCUT2D eigenvalue weighted by molar-refractivity contribution is 1.10. The quantitative estimate of drug-likeness (QED) is 0.176.